The molecule has 5 nitrogen and oxygen atoms in total. The minimum Gasteiger partial charge on any atom is -0.496 e. The third-order valence-electron chi connectivity index (χ3n) is 5.54. The van der Waals surface area contributed by atoms with E-state index < -0.39 is 0 Å². The van der Waals surface area contributed by atoms with Crippen LogP contribution >= 0.6 is 0 Å². The Bertz CT molecular complexity index is 584. The van der Waals surface area contributed by atoms with Crippen molar-refractivity contribution < 1.29 is 9.53 Å². The highest BCUT2D eigenvalue weighted by Gasteiger charge is 2.38. The van der Waals surface area contributed by atoms with Gasteiger partial charge in [0.05, 0.1) is 13.0 Å². The number of amides is 1. The molecule has 2 N–H and O–H groups in total. The van der Waals surface area contributed by atoms with Crippen molar-refractivity contribution in [2.45, 2.75) is 38.6 Å². The smallest absolute Gasteiger partial charge is 0.227 e. The summed E-state index contributed by atoms with van der Waals surface area (Å²) in [4.78, 5) is 15.2. The normalized spacial score (nSPS) is 23.7. The Labute approximate surface area is 151 Å². The van der Waals surface area contributed by atoms with Crippen LogP contribution in [-0.4, -0.2) is 50.6 Å². The number of nitrogens with one attached hydrogen (secondary N) is 2. The van der Waals surface area contributed by atoms with Crippen LogP contribution in [0.15, 0.2) is 18.2 Å². The van der Waals surface area contributed by atoms with Gasteiger partial charge in [0.1, 0.15) is 5.75 Å². The lowest BCUT2D eigenvalue weighted by Crippen LogP contribution is -2.41. The van der Waals surface area contributed by atoms with E-state index >= 15 is 0 Å². The Hall–Kier alpha value is -1.59. The van der Waals surface area contributed by atoms with Gasteiger partial charge in [-0.15, -0.1) is 0 Å². The molecule has 1 amide bonds. The maximum atomic E-state index is 13.1. The molecule has 1 unspecified atom stereocenters. The molecule has 2 aliphatic rings. The molecule has 2 saturated heterocycles. The second kappa shape index (κ2) is 8.68. The van der Waals surface area contributed by atoms with E-state index in [4.69, 9.17) is 4.74 Å². The molecule has 2 fully saturated rings. The summed E-state index contributed by atoms with van der Waals surface area (Å²) in [7, 11) is 1.72. The van der Waals surface area contributed by atoms with Crippen LogP contribution in [0.3, 0.4) is 0 Å². The van der Waals surface area contributed by atoms with E-state index in [9.17, 15) is 4.79 Å². The van der Waals surface area contributed by atoms with Gasteiger partial charge in [-0.1, -0.05) is 19.1 Å². The number of likely N-dealkylation sites (tertiary alicyclic amines) is 1. The number of benzene rings is 1. The molecule has 3 rings (SSSR count). The summed E-state index contributed by atoms with van der Waals surface area (Å²) in [6.07, 6.45) is 3.53. The zero-order valence-corrected chi connectivity index (χ0v) is 15.5. The Kier molecular flexibility index (Phi) is 6.32. The summed E-state index contributed by atoms with van der Waals surface area (Å²) < 4.78 is 5.60. The van der Waals surface area contributed by atoms with E-state index in [1.807, 2.05) is 12.1 Å². The molecule has 5 heteroatoms. The van der Waals surface area contributed by atoms with Crippen LogP contribution in [0.5, 0.6) is 5.75 Å². The SMILES string of the molecule is CCNCc1c(OC)cccc1[C@@H]1CNCC1C(=O)N1CCCCC1. The van der Waals surface area contributed by atoms with Crippen molar-refractivity contribution in [3.63, 3.8) is 0 Å². The first-order valence-corrected chi connectivity index (χ1v) is 9.62. The van der Waals surface area contributed by atoms with E-state index in [0.717, 1.165) is 57.9 Å². The lowest BCUT2D eigenvalue weighted by Gasteiger charge is -2.31. The molecule has 2 heterocycles. The number of piperidine rings is 1. The van der Waals surface area contributed by atoms with Gasteiger partial charge < -0.3 is 20.3 Å². The van der Waals surface area contributed by atoms with Gasteiger partial charge >= 0.3 is 0 Å². The summed E-state index contributed by atoms with van der Waals surface area (Å²) in [6, 6.07) is 6.23. The molecule has 1 aromatic carbocycles. The first-order valence-electron chi connectivity index (χ1n) is 9.62. The van der Waals surface area contributed by atoms with Crippen LogP contribution in [0.2, 0.25) is 0 Å². The van der Waals surface area contributed by atoms with Crippen molar-refractivity contribution >= 4 is 5.91 Å². The number of methoxy groups -OCH3 is 1. The highest BCUT2D eigenvalue weighted by atomic mass is 16.5. The topological polar surface area (TPSA) is 53.6 Å². The first-order chi connectivity index (χ1) is 12.3. The highest BCUT2D eigenvalue weighted by molar-refractivity contribution is 5.81. The molecule has 0 aliphatic carbocycles. The quantitative estimate of drug-likeness (QED) is 0.829. The summed E-state index contributed by atoms with van der Waals surface area (Å²) in [5, 5.41) is 6.87. The Balaban J connectivity index is 1.85. The van der Waals surface area contributed by atoms with Gasteiger partial charge in [0.25, 0.3) is 0 Å². The molecule has 2 aliphatic heterocycles. The lowest BCUT2D eigenvalue weighted by atomic mass is 9.84. The van der Waals surface area contributed by atoms with Gasteiger partial charge in [-0.3, -0.25) is 4.79 Å². The Morgan fingerprint density at radius 1 is 1.28 bits per heavy atom. The second-order valence-electron chi connectivity index (χ2n) is 7.07. The third-order valence-corrected chi connectivity index (χ3v) is 5.54. The summed E-state index contributed by atoms with van der Waals surface area (Å²) in [5.74, 6) is 1.49. The molecule has 2 atom stereocenters. The van der Waals surface area contributed by atoms with Crippen molar-refractivity contribution in [1.29, 1.82) is 0 Å². The maximum Gasteiger partial charge on any atom is 0.227 e. The van der Waals surface area contributed by atoms with E-state index in [1.54, 1.807) is 7.11 Å². The largest absolute Gasteiger partial charge is 0.496 e. The molecule has 0 aromatic heterocycles. The van der Waals surface area contributed by atoms with Gasteiger partial charge in [-0.25, -0.2) is 0 Å². The molecule has 0 spiro atoms. The summed E-state index contributed by atoms with van der Waals surface area (Å²) >= 11 is 0. The molecule has 138 valence electrons. The zero-order chi connectivity index (χ0) is 17.6. The number of carbonyl (C=O) groups is 1. The minimum absolute atomic E-state index is 0.0329. The van der Waals surface area contributed by atoms with E-state index in [1.165, 1.54) is 17.5 Å². The average Bonchev–Trinajstić information content (AvgIpc) is 3.15. The number of ether oxygens (including phenoxy) is 1. The second-order valence-corrected chi connectivity index (χ2v) is 7.07. The number of nitrogens with zero attached hydrogens (tertiary/aromatic N) is 1. The third kappa shape index (κ3) is 3.98. The van der Waals surface area contributed by atoms with Gasteiger partial charge in [0.15, 0.2) is 0 Å². The van der Waals surface area contributed by atoms with E-state index in [2.05, 4.69) is 28.5 Å². The van der Waals surface area contributed by atoms with Crippen LogP contribution in [0.4, 0.5) is 0 Å². The Morgan fingerprint density at radius 3 is 2.80 bits per heavy atom. The van der Waals surface area contributed by atoms with Crippen molar-refractivity contribution in [2.24, 2.45) is 5.92 Å². The number of hydrogen-bond donors (Lipinski definition) is 2. The molecule has 1 aromatic rings. The fraction of sp³-hybridized carbons (Fsp3) is 0.650. The predicted octanol–water partition coefficient (Wildman–Crippen LogP) is 2.12. The molecule has 0 saturated carbocycles. The summed E-state index contributed by atoms with van der Waals surface area (Å²) in [5.41, 5.74) is 2.44. The average molecular weight is 345 g/mol. The number of rotatable bonds is 6. The van der Waals surface area contributed by atoms with Crippen molar-refractivity contribution in [3.8, 4) is 5.75 Å². The van der Waals surface area contributed by atoms with E-state index in [-0.39, 0.29) is 11.8 Å². The van der Waals surface area contributed by atoms with Gasteiger partial charge in [0, 0.05) is 44.2 Å². The molecule has 0 radical (unpaired) electrons. The van der Waals surface area contributed by atoms with Crippen molar-refractivity contribution in [1.82, 2.24) is 15.5 Å². The molecular formula is C20H31N3O2. The van der Waals surface area contributed by atoms with Crippen LogP contribution < -0.4 is 15.4 Å². The predicted molar refractivity (Wildman–Crippen MR) is 99.9 cm³/mol. The maximum absolute atomic E-state index is 13.1. The Morgan fingerprint density at radius 2 is 2.08 bits per heavy atom. The number of carbonyl (C=O) groups excluding carboxylic acids is 1. The fourth-order valence-corrected chi connectivity index (χ4v) is 4.17. The first kappa shape index (κ1) is 18.2. The van der Waals surface area contributed by atoms with Gasteiger partial charge in [-0.05, 0) is 37.4 Å². The van der Waals surface area contributed by atoms with E-state index in [0.29, 0.717) is 5.91 Å². The van der Waals surface area contributed by atoms with Crippen molar-refractivity contribution in [2.75, 3.05) is 39.8 Å². The van der Waals surface area contributed by atoms with Crippen LogP contribution in [-0.2, 0) is 11.3 Å². The summed E-state index contributed by atoms with van der Waals surface area (Å²) in [6.45, 7) is 7.27. The van der Waals surface area contributed by atoms with Gasteiger partial charge in [0.2, 0.25) is 5.91 Å². The number of hydrogen-bond acceptors (Lipinski definition) is 4. The molecule has 25 heavy (non-hydrogen) atoms. The molecule has 0 bridgehead atoms. The van der Waals surface area contributed by atoms with Crippen LogP contribution in [0, 0.1) is 5.92 Å². The van der Waals surface area contributed by atoms with Gasteiger partial charge in [-0.2, -0.15) is 0 Å². The lowest BCUT2D eigenvalue weighted by molar-refractivity contribution is -0.136. The minimum atomic E-state index is 0.0329. The highest BCUT2D eigenvalue weighted by Crippen LogP contribution is 2.35. The fourth-order valence-electron chi connectivity index (χ4n) is 4.17. The zero-order valence-electron chi connectivity index (χ0n) is 15.5. The van der Waals surface area contributed by atoms with Crippen LogP contribution in [0.1, 0.15) is 43.2 Å². The molecular weight excluding hydrogens is 314 g/mol. The standard InChI is InChI=1S/C20H31N3O2/c1-3-21-13-17-15(8-7-9-19(17)25-2)16-12-22-14-18(16)20(24)23-10-5-4-6-11-23/h7-9,16,18,21-22H,3-6,10-14H2,1-2H3/t16-,18?/m0/s1. The van der Waals surface area contributed by atoms with Crippen LogP contribution in [0.25, 0.3) is 0 Å². The monoisotopic (exact) mass is 345 g/mol. The van der Waals surface area contributed by atoms with Crippen molar-refractivity contribution in [3.05, 3.63) is 29.3 Å².